The van der Waals surface area contributed by atoms with Crippen LogP contribution in [0.1, 0.15) is 43.1 Å². The van der Waals surface area contributed by atoms with Crippen molar-refractivity contribution in [2.24, 2.45) is 0 Å². The number of aryl methyl sites for hydroxylation is 1. The second kappa shape index (κ2) is 8.76. The van der Waals surface area contributed by atoms with Crippen molar-refractivity contribution in [1.82, 2.24) is 0 Å². The molecule has 6 nitrogen and oxygen atoms in total. The topological polar surface area (TPSA) is 65.5 Å². The van der Waals surface area contributed by atoms with Crippen molar-refractivity contribution in [3.63, 3.8) is 0 Å². The molecule has 1 aromatic heterocycles. The van der Waals surface area contributed by atoms with Crippen molar-refractivity contribution < 1.29 is 18.6 Å². The maximum Gasteiger partial charge on any atom is 0.433 e. The fourth-order valence-electron chi connectivity index (χ4n) is 2.97. The van der Waals surface area contributed by atoms with Gasteiger partial charge in [0.1, 0.15) is 17.2 Å². The molecule has 0 spiro atoms. The standard InChI is InChI=1S/C20H28ClN2O4/c1-14(2)17-12-18(21)15(3)11-19(17)26-10-6-9-23(4,5)13-16-7-8-20(27-16)22(24)25/h7-8,11-12,14H,6,9-10,13H2,1-5H3/q+1. The molecule has 0 aliphatic carbocycles. The first-order valence-corrected chi connectivity index (χ1v) is 9.45. The number of hydrogen-bond acceptors (Lipinski definition) is 4. The number of quaternary nitrogens is 1. The Hall–Kier alpha value is -2.05. The van der Waals surface area contributed by atoms with Gasteiger partial charge in [-0.05, 0) is 42.2 Å². The molecule has 7 heteroatoms. The molecular weight excluding hydrogens is 368 g/mol. The Labute approximate surface area is 165 Å². The van der Waals surface area contributed by atoms with Crippen molar-refractivity contribution in [2.75, 3.05) is 27.2 Å². The van der Waals surface area contributed by atoms with Crippen molar-refractivity contribution >= 4 is 17.5 Å². The van der Waals surface area contributed by atoms with E-state index in [2.05, 4.69) is 27.9 Å². The average Bonchev–Trinajstić information content (AvgIpc) is 3.02. The summed E-state index contributed by atoms with van der Waals surface area (Å²) in [7, 11) is 4.14. The van der Waals surface area contributed by atoms with Crippen molar-refractivity contribution in [3.8, 4) is 5.75 Å². The third kappa shape index (κ3) is 5.97. The van der Waals surface area contributed by atoms with E-state index < -0.39 is 4.92 Å². The second-order valence-electron chi connectivity index (χ2n) is 7.81. The van der Waals surface area contributed by atoms with E-state index in [1.165, 1.54) is 6.07 Å². The van der Waals surface area contributed by atoms with Gasteiger partial charge in [0.15, 0.2) is 5.76 Å². The van der Waals surface area contributed by atoms with Gasteiger partial charge in [-0.2, -0.15) is 0 Å². The molecule has 0 aliphatic rings. The van der Waals surface area contributed by atoms with Gasteiger partial charge in [-0.25, -0.2) is 0 Å². The first-order chi connectivity index (χ1) is 12.6. The van der Waals surface area contributed by atoms with Crippen molar-refractivity contribution in [3.05, 3.63) is 56.3 Å². The lowest BCUT2D eigenvalue weighted by molar-refractivity contribution is -0.904. The lowest BCUT2D eigenvalue weighted by atomic mass is 10.0. The smallest absolute Gasteiger partial charge is 0.433 e. The van der Waals surface area contributed by atoms with Gasteiger partial charge in [0.2, 0.25) is 0 Å². The number of hydrogen-bond donors (Lipinski definition) is 0. The van der Waals surface area contributed by atoms with Gasteiger partial charge in [-0.3, -0.25) is 10.1 Å². The van der Waals surface area contributed by atoms with Crippen LogP contribution in [0.2, 0.25) is 5.02 Å². The Morgan fingerprint density at radius 2 is 2.00 bits per heavy atom. The summed E-state index contributed by atoms with van der Waals surface area (Å²) >= 11 is 6.24. The minimum Gasteiger partial charge on any atom is -0.493 e. The Balaban J connectivity index is 1.90. The number of rotatable bonds is 9. The highest BCUT2D eigenvalue weighted by Crippen LogP contribution is 2.32. The number of nitro groups is 1. The van der Waals surface area contributed by atoms with Crippen LogP contribution in [0, 0.1) is 17.0 Å². The minimum absolute atomic E-state index is 0.215. The van der Waals surface area contributed by atoms with E-state index >= 15 is 0 Å². The second-order valence-corrected chi connectivity index (χ2v) is 8.22. The predicted molar refractivity (Wildman–Crippen MR) is 106 cm³/mol. The van der Waals surface area contributed by atoms with Gasteiger partial charge in [0, 0.05) is 11.4 Å². The summed E-state index contributed by atoms with van der Waals surface area (Å²) in [6.45, 7) is 8.26. The highest BCUT2D eigenvalue weighted by molar-refractivity contribution is 6.31. The third-order valence-electron chi connectivity index (χ3n) is 4.49. The molecule has 2 rings (SSSR count). The molecule has 0 fully saturated rings. The summed E-state index contributed by atoms with van der Waals surface area (Å²) < 4.78 is 12.0. The first-order valence-electron chi connectivity index (χ1n) is 9.07. The first kappa shape index (κ1) is 21.3. The van der Waals surface area contributed by atoms with Crippen LogP contribution in [-0.2, 0) is 6.54 Å². The normalized spacial score (nSPS) is 11.8. The summed E-state index contributed by atoms with van der Waals surface area (Å²) in [5.41, 5.74) is 2.12. The number of nitrogens with zero attached hydrogens (tertiary/aromatic N) is 2. The molecular formula is C20H28ClN2O4+. The molecule has 0 saturated carbocycles. The number of furan rings is 1. The highest BCUT2D eigenvalue weighted by Gasteiger charge is 2.21. The summed E-state index contributed by atoms with van der Waals surface area (Å²) in [4.78, 5) is 10.2. The molecule has 0 aliphatic heterocycles. The van der Waals surface area contributed by atoms with Crippen LogP contribution in [0.15, 0.2) is 28.7 Å². The molecule has 0 atom stereocenters. The zero-order chi connectivity index (χ0) is 20.2. The number of benzene rings is 1. The molecule has 0 bridgehead atoms. The lowest BCUT2D eigenvalue weighted by Crippen LogP contribution is -2.40. The molecule has 0 unspecified atom stereocenters. The Kier molecular flexibility index (Phi) is 6.89. The van der Waals surface area contributed by atoms with Crippen LogP contribution in [0.3, 0.4) is 0 Å². The Bertz CT molecular complexity index is 799. The fourth-order valence-corrected chi connectivity index (χ4v) is 3.14. The largest absolute Gasteiger partial charge is 0.493 e. The number of ether oxygens (including phenoxy) is 1. The maximum atomic E-state index is 10.7. The zero-order valence-corrected chi connectivity index (χ0v) is 17.4. The van der Waals surface area contributed by atoms with Crippen molar-refractivity contribution in [1.29, 1.82) is 0 Å². The van der Waals surface area contributed by atoms with E-state index in [9.17, 15) is 10.1 Å². The SMILES string of the molecule is Cc1cc(OCCC[N+](C)(C)Cc2ccc([N+](=O)[O-])o2)c(C(C)C)cc1Cl. The summed E-state index contributed by atoms with van der Waals surface area (Å²) in [5.74, 6) is 1.62. The maximum absolute atomic E-state index is 10.7. The van der Waals surface area contributed by atoms with E-state index in [0.717, 1.165) is 34.9 Å². The fraction of sp³-hybridized carbons (Fsp3) is 0.500. The molecule has 1 aromatic carbocycles. The molecule has 2 aromatic rings. The van der Waals surface area contributed by atoms with Crippen LogP contribution in [-0.4, -0.2) is 36.7 Å². The van der Waals surface area contributed by atoms with Crippen LogP contribution in [0.5, 0.6) is 5.75 Å². The van der Waals surface area contributed by atoms with Crippen LogP contribution >= 0.6 is 11.6 Å². The molecule has 148 valence electrons. The zero-order valence-electron chi connectivity index (χ0n) is 16.6. The van der Waals surface area contributed by atoms with Gasteiger partial charge in [0.25, 0.3) is 0 Å². The molecule has 0 saturated heterocycles. The average molecular weight is 396 g/mol. The van der Waals surface area contributed by atoms with Crippen LogP contribution < -0.4 is 4.74 Å². The van der Waals surface area contributed by atoms with Crippen molar-refractivity contribution in [2.45, 2.75) is 39.7 Å². The molecule has 1 heterocycles. The van der Waals surface area contributed by atoms with Gasteiger partial charge in [-0.15, -0.1) is 0 Å². The third-order valence-corrected chi connectivity index (χ3v) is 4.90. The van der Waals surface area contributed by atoms with Gasteiger partial charge in [-0.1, -0.05) is 25.4 Å². The van der Waals surface area contributed by atoms with E-state index in [1.807, 2.05) is 19.1 Å². The molecule has 0 N–H and O–H groups in total. The lowest BCUT2D eigenvalue weighted by Gasteiger charge is -2.28. The van der Waals surface area contributed by atoms with E-state index in [0.29, 0.717) is 29.3 Å². The Morgan fingerprint density at radius 3 is 2.59 bits per heavy atom. The van der Waals surface area contributed by atoms with E-state index in [-0.39, 0.29) is 5.88 Å². The van der Waals surface area contributed by atoms with Crippen LogP contribution in [0.25, 0.3) is 0 Å². The minimum atomic E-state index is -0.516. The van der Waals surface area contributed by atoms with E-state index in [1.54, 1.807) is 6.07 Å². The Morgan fingerprint density at radius 1 is 1.30 bits per heavy atom. The van der Waals surface area contributed by atoms with E-state index in [4.69, 9.17) is 20.8 Å². The van der Waals surface area contributed by atoms with Gasteiger partial charge in [0.05, 0.1) is 33.3 Å². The molecule has 27 heavy (non-hydrogen) atoms. The number of halogens is 1. The predicted octanol–water partition coefficient (Wildman–Crippen LogP) is 5.32. The molecule has 0 radical (unpaired) electrons. The van der Waals surface area contributed by atoms with Gasteiger partial charge >= 0.3 is 5.88 Å². The molecule has 0 amide bonds. The summed E-state index contributed by atoms with van der Waals surface area (Å²) in [6.07, 6.45) is 0.856. The quantitative estimate of drug-likeness (QED) is 0.249. The van der Waals surface area contributed by atoms with Gasteiger partial charge < -0.3 is 13.6 Å². The monoisotopic (exact) mass is 395 g/mol. The summed E-state index contributed by atoms with van der Waals surface area (Å²) in [6, 6.07) is 7.05. The highest BCUT2D eigenvalue weighted by atomic mass is 35.5. The van der Waals surface area contributed by atoms with Crippen LogP contribution in [0.4, 0.5) is 5.88 Å². The summed E-state index contributed by atoms with van der Waals surface area (Å²) in [5, 5.41) is 11.5.